The summed E-state index contributed by atoms with van der Waals surface area (Å²) < 4.78 is 83.8. The van der Waals surface area contributed by atoms with Crippen LogP contribution >= 0.6 is 0 Å². The number of aliphatic hydroxyl groups excluding tert-OH is 1. The Morgan fingerprint density at radius 3 is 1.91 bits per heavy atom. The minimum Gasteiger partial charge on any atom is -0.479 e. The third-order valence-electron chi connectivity index (χ3n) is 17.6. The summed E-state index contributed by atoms with van der Waals surface area (Å²) in [5.41, 5.74) is -2.16. The molecule has 1 unspecified atom stereocenters. The number of aliphatic hydroxyl groups is 3. The van der Waals surface area contributed by atoms with Gasteiger partial charge in [-0.3, -0.25) is 0 Å². The number of aliphatic carboxylic acids is 1. The molecule has 0 aliphatic carbocycles. The molecular formula is C48H82KNaO18+2. The van der Waals surface area contributed by atoms with Crippen LogP contribution in [0.5, 0.6) is 0 Å². The molecule has 7 aliphatic heterocycles. The van der Waals surface area contributed by atoms with Gasteiger partial charge in [0.05, 0.1) is 79.4 Å². The molecule has 1 spiro atoms. The maximum atomic E-state index is 12.1. The zero-order valence-electron chi connectivity index (χ0n) is 43.7. The Hall–Kier alpha value is 1.47. The maximum Gasteiger partial charge on any atom is 1.00 e. The SMILES string of the molecule is CO[C@H]1CC[C@H](OC2[C@@H](C)[C@@](C)(O)O[C@H]([C@H]3CC[C@H]([C@@H]4CC[C@H]([C@@]5(C)O[C@]6(O[C@H](C[C@@H]7O[C@](O)([C@@H](O)C(=O)O)[C@@H](C)[C@H](OC)[C@@]7(C)OC)C[C@@H](OC)[C@H]6C)[C@H](C)[C@H]5OC)O4)O3)[C@H]2C)O[C@@H]1C.[K+].[Na+]. The van der Waals surface area contributed by atoms with E-state index in [1.165, 1.54) is 14.2 Å². The Labute approximate surface area is 468 Å². The molecule has 0 bridgehead atoms. The number of carboxylic acids is 1. The van der Waals surface area contributed by atoms with Crippen molar-refractivity contribution < 1.29 is 168 Å². The Balaban J connectivity index is 0.00000432. The normalized spacial score (nSPS) is 52.3. The Bertz CT molecular complexity index is 1670. The van der Waals surface area contributed by atoms with Gasteiger partial charge in [-0.1, -0.05) is 34.6 Å². The molecular weight excluding hydrogens is 927 g/mol. The molecule has 0 amide bonds. The summed E-state index contributed by atoms with van der Waals surface area (Å²) >= 11 is 0. The van der Waals surface area contributed by atoms with Crippen LogP contribution in [0.3, 0.4) is 0 Å². The fourth-order valence-electron chi connectivity index (χ4n) is 13.3. The van der Waals surface area contributed by atoms with E-state index in [1.54, 1.807) is 42.1 Å². The van der Waals surface area contributed by atoms with E-state index in [2.05, 4.69) is 13.8 Å². The number of hydrogen-bond acceptors (Lipinski definition) is 17. The van der Waals surface area contributed by atoms with Gasteiger partial charge in [-0.2, -0.15) is 0 Å². The molecule has 0 aromatic rings. The number of carbonyl (C=O) groups is 1. The van der Waals surface area contributed by atoms with E-state index in [0.717, 1.165) is 25.7 Å². The average Bonchev–Trinajstić information content (AvgIpc) is 4.02. The van der Waals surface area contributed by atoms with Crippen molar-refractivity contribution in [3.05, 3.63) is 0 Å². The summed E-state index contributed by atoms with van der Waals surface area (Å²) in [7, 11) is 7.98. The van der Waals surface area contributed by atoms with Crippen molar-refractivity contribution in [3.8, 4) is 0 Å². The molecule has 7 aliphatic rings. The van der Waals surface area contributed by atoms with Crippen molar-refractivity contribution >= 4 is 5.97 Å². The zero-order chi connectivity index (χ0) is 48.5. The van der Waals surface area contributed by atoms with E-state index in [4.69, 9.17) is 61.6 Å². The van der Waals surface area contributed by atoms with E-state index >= 15 is 0 Å². The molecule has 25 atom stereocenters. The van der Waals surface area contributed by atoms with Gasteiger partial charge in [-0.05, 0) is 59.8 Å². The second kappa shape index (κ2) is 23.4. The molecule has 0 radical (unpaired) electrons. The number of rotatable bonds is 14. The van der Waals surface area contributed by atoms with Gasteiger partial charge in [0.25, 0.3) is 0 Å². The zero-order valence-corrected chi connectivity index (χ0v) is 48.8. The number of methoxy groups -OCH3 is 5. The second-order valence-corrected chi connectivity index (χ2v) is 21.2. The van der Waals surface area contributed by atoms with Crippen LogP contribution in [0.4, 0.5) is 0 Å². The molecule has 7 heterocycles. The molecule has 7 saturated heterocycles. The van der Waals surface area contributed by atoms with E-state index in [1.807, 2.05) is 27.7 Å². The monoisotopic (exact) mass is 1010 g/mol. The van der Waals surface area contributed by atoms with Crippen molar-refractivity contribution in [1.82, 2.24) is 0 Å². The van der Waals surface area contributed by atoms with Crippen LogP contribution in [-0.2, 0) is 66.4 Å². The molecule has 68 heavy (non-hydrogen) atoms. The first-order valence-corrected chi connectivity index (χ1v) is 24.4. The minimum atomic E-state index is -2.50. The molecule has 7 fully saturated rings. The summed E-state index contributed by atoms with van der Waals surface area (Å²) in [5, 5.41) is 43.9. The van der Waals surface area contributed by atoms with Crippen LogP contribution < -0.4 is 80.9 Å². The van der Waals surface area contributed by atoms with Crippen LogP contribution in [0.15, 0.2) is 0 Å². The molecule has 7 rings (SSSR count). The summed E-state index contributed by atoms with van der Waals surface area (Å²) in [6, 6.07) is 0. The van der Waals surface area contributed by atoms with Gasteiger partial charge < -0.3 is 82.0 Å². The standard InChI is InChI=1S/C48H82O18.K.Na/c1-23-38(62-37-20-18-30(54-10)28(6)59-37)25(3)46(9,52)65-39(23)33-16-15-31(60-33)32-17-19-35(61-32)45(8)42(57-13)27(5)48(66-45)24(2)34(55-11)21-29(63-48)22-36-44(7,58-14)41(56-12)26(4)47(53,64-36)40(49)43(50)51;;/h23-42,49,52-53H,15-22H2,1-14H3,(H,50,51);;/q;2*+1/t23-,24+,25+,26-,27+,28+,29-,30-,31+,32-,33+,34+,35+,36-,37-,38?,39-,40-,41-,42+,44-,45+,46-,47-,48-;;/m0../s1. The van der Waals surface area contributed by atoms with Gasteiger partial charge in [0.2, 0.25) is 11.9 Å². The van der Waals surface area contributed by atoms with Gasteiger partial charge in [0.1, 0.15) is 11.2 Å². The largest absolute Gasteiger partial charge is 1.00 e. The number of hydrogen-bond donors (Lipinski definition) is 4. The minimum absolute atomic E-state index is 0. The van der Waals surface area contributed by atoms with E-state index < -0.39 is 83.4 Å². The summed E-state index contributed by atoms with van der Waals surface area (Å²) in [5.74, 6) is -8.80. The van der Waals surface area contributed by atoms with Gasteiger partial charge in [-0.15, -0.1) is 0 Å². The smallest absolute Gasteiger partial charge is 0.479 e. The molecule has 18 nitrogen and oxygen atoms in total. The van der Waals surface area contributed by atoms with Gasteiger partial charge in [-0.25, -0.2) is 4.79 Å². The fourth-order valence-corrected chi connectivity index (χ4v) is 13.3. The molecule has 382 valence electrons. The third-order valence-corrected chi connectivity index (χ3v) is 17.6. The average molecular weight is 1010 g/mol. The van der Waals surface area contributed by atoms with Crippen LogP contribution in [0, 0.1) is 29.6 Å². The molecule has 0 aromatic heterocycles. The Morgan fingerprint density at radius 1 is 0.706 bits per heavy atom. The number of carboxylic acid groups (broad SMARTS) is 1. The van der Waals surface area contributed by atoms with Crippen molar-refractivity contribution in [2.45, 2.75) is 234 Å². The van der Waals surface area contributed by atoms with Crippen molar-refractivity contribution in [3.63, 3.8) is 0 Å². The van der Waals surface area contributed by atoms with E-state index in [9.17, 15) is 25.2 Å². The fraction of sp³-hybridized carbons (Fsp3) is 0.979. The summed E-state index contributed by atoms with van der Waals surface area (Å²) in [6.07, 6.45) is -2.92. The van der Waals surface area contributed by atoms with Gasteiger partial charge >= 0.3 is 86.9 Å². The van der Waals surface area contributed by atoms with Crippen LogP contribution in [0.1, 0.15) is 114 Å². The first-order chi connectivity index (χ1) is 31.0. The quantitative estimate of drug-likeness (QED) is 0.138. The summed E-state index contributed by atoms with van der Waals surface area (Å²) in [6.45, 7) is 17.2. The Morgan fingerprint density at radius 2 is 1.32 bits per heavy atom. The van der Waals surface area contributed by atoms with Crippen LogP contribution in [0.25, 0.3) is 0 Å². The first-order valence-electron chi connectivity index (χ1n) is 24.4. The predicted molar refractivity (Wildman–Crippen MR) is 234 cm³/mol. The van der Waals surface area contributed by atoms with Crippen molar-refractivity contribution in [2.75, 3.05) is 35.5 Å². The van der Waals surface area contributed by atoms with Gasteiger partial charge in [0.15, 0.2) is 17.9 Å². The summed E-state index contributed by atoms with van der Waals surface area (Å²) in [4.78, 5) is 12.1. The van der Waals surface area contributed by atoms with Gasteiger partial charge in [0, 0.05) is 84.4 Å². The van der Waals surface area contributed by atoms with Crippen LogP contribution in [0.2, 0.25) is 0 Å². The third kappa shape index (κ3) is 10.8. The molecule has 4 N–H and O–H groups in total. The topological polar surface area (TPSA) is 218 Å². The molecule has 20 heteroatoms. The van der Waals surface area contributed by atoms with E-state index in [0.29, 0.717) is 19.3 Å². The molecule has 0 aromatic carbocycles. The number of ether oxygens (including phenoxy) is 13. The second-order valence-electron chi connectivity index (χ2n) is 21.2. The predicted octanol–water partition coefficient (Wildman–Crippen LogP) is -2.05. The first kappa shape index (κ1) is 60.3. The molecule has 0 saturated carbocycles. The van der Waals surface area contributed by atoms with Crippen LogP contribution in [-0.4, -0.2) is 182 Å². The van der Waals surface area contributed by atoms with Crippen molar-refractivity contribution in [2.24, 2.45) is 29.6 Å². The van der Waals surface area contributed by atoms with E-state index in [-0.39, 0.29) is 160 Å². The Kier molecular flexibility index (Phi) is 20.7. The maximum absolute atomic E-state index is 12.1. The van der Waals surface area contributed by atoms with Crippen molar-refractivity contribution in [1.29, 1.82) is 0 Å².